The quantitative estimate of drug-likeness (QED) is 0.375. The van der Waals surface area contributed by atoms with Crippen molar-refractivity contribution >= 4 is 23.6 Å². The number of hydrogen-bond acceptors (Lipinski definition) is 4. The van der Waals surface area contributed by atoms with Gasteiger partial charge in [-0.15, -0.1) is 0 Å². The average Bonchev–Trinajstić information content (AvgIpc) is 2.52. The molecular weight excluding hydrogens is 306 g/mol. The number of non-ortho nitro benzene ring substituents is 1. The zero-order chi connectivity index (χ0) is 15.9. The summed E-state index contributed by atoms with van der Waals surface area (Å²) in [5.41, 5.74) is 0.836. The molecule has 0 fully saturated rings. The first-order valence-electron chi connectivity index (χ1n) is 6.21. The number of ether oxygens (including phenoxy) is 1. The molecule has 5 nitrogen and oxygen atoms in total. The largest absolute Gasteiger partial charge is 0.480 e. The fourth-order valence-corrected chi connectivity index (χ4v) is 1.87. The van der Waals surface area contributed by atoms with Gasteiger partial charge in [-0.2, -0.15) is 0 Å². The number of nitro benzene ring substituents is 1. The first-order valence-corrected chi connectivity index (χ1v) is 6.59. The highest BCUT2D eigenvalue weighted by atomic mass is 35.5. The maximum atomic E-state index is 10.9. The Kier molecular flexibility index (Phi) is 5.12. The van der Waals surface area contributed by atoms with Gasteiger partial charge >= 0.3 is 0 Å². The van der Waals surface area contributed by atoms with Gasteiger partial charge in [-0.1, -0.05) is 29.5 Å². The lowest BCUT2D eigenvalue weighted by molar-refractivity contribution is -0.384. The summed E-state index contributed by atoms with van der Waals surface area (Å²) >= 11 is 5.78. The number of rotatable bonds is 4. The van der Waals surface area contributed by atoms with E-state index in [0.717, 1.165) is 0 Å². The van der Waals surface area contributed by atoms with Crippen molar-refractivity contribution in [3.63, 3.8) is 0 Å². The highest BCUT2D eigenvalue weighted by Crippen LogP contribution is 2.21. The third kappa shape index (κ3) is 4.08. The Bertz CT molecular complexity index is 777. The lowest BCUT2D eigenvalue weighted by Gasteiger charge is -2.04. The summed E-state index contributed by atoms with van der Waals surface area (Å²) in [7, 11) is 0. The van der Waals surface area contributed by atoms with Crippen molar-refractivity contribution in [2.75, 3.05) is 6.61 Å². The van der Waals surface area contributed by atoms with E-state index in [-0.39, 0.29) is 12.3 Å². The first-order chi connectivity index (χ1) is 10.6. The second kappa shape index (κ2) is 7.25. The monoisotopic (exact) mass is 315 g/mol. The van der Waals surface area contributed by atoms with Crippen molar-refractivity contribution < 1.29 is 14.5 Å². The van der Waals surface area contributed by atoms with E-state index in [1.165, 1.54) is 18.2 Å². The van der Waals surface area contributed by atoms with E-state index in [1.807, 2.05) is 0 Å². The van der Waals surface area contributed by atoms with Crippen LogP contribution in [0.4, 0.5) is 5.69 Å². The standard InChI is InChI=1S/C16H10ClNO4/c17-14-6-7-16(13(10-14)11-19)22-8-2-4-12-3-1-5-15(9-12)18(20)21/h1,3,5-7,9-11H,8H2. The molecule has 0 radical (unpaired) electrons. The summed E-state index contributed by atoms with van der Waals surface area (Å²) in [4.78, 5) is 21.1. The van der Waals surface area contributed by atoms with Crippen LogP contribution in [0.2, 0.25) is 5.02 Å². The van der Waals surface area contributed by atoms with E-state index >= 15 is 0 Å². The second-order valence-electron chi connectivity index (χ2n) is 4.20. The number of halogens is 1. The molecule has 110 valence electrons. The molecule has 0 unspecified atom stereocenters. The van der Waals surface area contributed by atoms with Crippen LogP contribution in [-0.4, -0.2) is 17.8 Å². The van der Waals surface area contributed by atoms with Crippen LogP contribution in [0.15, 0.2) is 42.5 Å². The van der Waals surface area contributed by atoms with Crippen molar-refractivity contribution in [2.45, 2.75) is 0 Å². The fourth-order valence-electron chi connectivity index (χ4n) is 1.69. The van der Waals surface area contributed by atoms with Crippen LogP contribution in [0, 0.1) is 22.0 Å². The maximum Gasteiger partial charge on any atom is 0.270 e. The minimum absolute atomic E-state index is 0.0198. The predicted octanol–water partition coefficient (Wildman–Crippen LogP) is 3.49. The van der Waals surface area contributed by atoms with Gasteiger partial charge in [0.1, 0.15) is 12.4 Å². The zero-order valence-corrected chi connectivity index (χ0v) is 12.0. The van der Waals surface area contributed by atoms with Gasteiger partial charge < -0.3 is 4.74 Å². The highest BCUT2D eigenvalue weighted by Gasteiger charge is 2.04. The van der Waals surface area contributed by atoms with Crippen molar-refractivity contribution in [1.82, 2.24) is 0 Å². The van der Waals surface area contributed by atoms with Crippen molar-refractivity contribution in [1.29, 1.82) is 0 Å². The average molecular weight is 316 g/mol. The van der Waals surface area contributed by atoms with Gasteiger partial charge in [-0.3, -0.25) is 14.9 Å². The first kappa shape index (κ1) is 15.5. The molecule has 0 amide bonds. The molecule has 0 heterocycles. The van der Waals surface area contributed by atoms with Crippen molar-refractivity contribution in [3.05, 3.63) is 68.7 Å². The van der Waals surface area contributed by atoms with Crippen molar-refractivity contribution in [2.24, 2.45) is 0 Å². The fraction of sp³-hybridized carbons (Fsp3) is 0.0625. The van der Waals surface area contributed by atoms with E-state index in [2.05, 4.69) is 11.8 Å². The van der Waals surface area contributed by atoms with Crippen LogP contribution in [0.5, 0.6) is 5.75 Å². The smallest absolute Gasteiger partial charge is 0.270 e. The zero-order valence-electron chi connectivity index (χ0n) is 11.3. The van der Waals surface area contributed by atoms with E-state index in [1.54, 1.807) is 24.3 Å². The Morgan fingerprint density at radius 2 is 2.09 bits per heavy atom. The Morgan fingerprint density at radius 1 is 1.27 bits per heavy atom. The molecule has 22 heavy (non-hydrogen) atoms. The number of benzene rings is 2. The van der Waals surface area contributed by atoms with Crippen LogP contribution >= 0.6 is 11.6 Å². The molecule has 2 aromatic carbocycles. The Hall–Kier alpha value is -2.84. The number of carbonyl (C=O) groups is 1. The summed E-state index contributed by atoms with van der Waals surface area (Å²) in [6, 6.07) is 10.7. The van der Waals surface area contributed by atoms with E-state index < -0.39 is 4.92 Å². The molecule has 0 aliphatic carbocycles. The van der Waals surface area contributed by atoms with Crippen molar-refractivity contribution in [3.8, 4) is 17.6 Å². The number of nitro groups is 1. The molecule has 0 bridgehead atoms. The number of nitrogens with zero attached hydrogens (tertiary/aromatic N) is 1. The molecule has 0 atom stereocenters. The third-order valence-electron chi connectivity index (χ3n) is 2.69. The molecule has 2 aromatic rings. The molecule has 0 N–H and O–H groups in total. The molecule has 6 heteroatoms. The normalized spacial score (nSPS) is 9.50. The lowest BCUT2D eigenvalue weighted by Crippen LogP contribution is -1.97. The molecule has 0 aliphatic rings. The Balaban J connectivity index is 2.04. The van der Waals surface area contributed by atoms with Crippen LogP contribution in [0.1, 0.15) is 15.9 Å². The summed E-state index contributed by atoms with van der Waals surface area (Å²) in [5, 5.41) is 11.1. The maximum absolute atomic E-state index is 10.9. The molecule has 0 aliphatic heterocycles. The number of carbonyl (C=O) groups excluding carboxylic acids is 1. The minimum atomic E-state index is -0.480. The van der Waals surface area contributed by atoms with E-state index in [4.69, 9.17) is 16.3 Å². The molecular formula is C16H10ClNO4. The predicted molar refractivity (Wildman–Crippen MR) is 82.3 cm³/mol. The molecule has 0 spiro atoms. The van der Waals surface area contributed by atoms with E-state index in [9.17, 15) is 14.9 Å². The molecule has 0 saturated heterocycles. The Labute approximate surface area is 131 Å². The van der Waals surface area contributed by atoms with Gasteiger partial charge in [0.25, 0.3) is 5.69 Å². The third-order valence-corrected chi connectivity index (χ3v) is 2.92. The number of hydrogen-bond donors (Lipinski definition) is 0. The van der Waals surface area contributed by atoms with Gasteiger partial charge in [0, 0.05) is 22.7 Å². The topological polar surface area (TPSA) is 69.4 Å². The van der Waals surface area contributed by atoms with Gasteiger partial charge in [0.2, 0.25) is 0 Å². The van der Waals surface area contributed by atoms with Crippen LogP contribution in [0.3, 0.4) is 0 Å². The van der Waals surface area contributed by atoms with Gasteiger partial charge in [-0.25, -0.2) is 0 Å². The molecule has 2 rings (SSSR count). The van der Waals surface area contributed by atoms with Crippen LogP contribution in [0.25, 0.3) is 0 Å². The van der Waals surface area contributed by atoms with Gasteiger partial charge in [0.15, 0.2) is 6.29 Å². The van der Waals surface area contributed by atoms with Gasteiger partial charge in [-0.05, 0) is 24.3 Å². The summed E-state index contributed by atoms with van der Waals surface area (Å²) in [6.45, 7) is 0.0468. The summed E-state index contributed by atoms with van der Waals surface area (Å²) in [5.74, 6) is 5.89. The molecule has 0 saturated carbocycles. The number of aldehydes is 1. The summed E-state index contributed by atoms with van der Waals surface area (Å²) in [6.07, 6.45) is 0.648. The SMILES string of the molecule is O=Cc1cc(Cl)ccc1OCC#Cc1cccc([N+](=O)[O-])c1. The van der Waals surface area contributed by atoms with Crippen LogP contribution < -0.4 is 4.74 Å². The minimum Gasteiger partial charge on any atom is -0.480 e. The molecule has 0 aromatic heterocycles. The van der Waals surface area contributed by atoms with Gasteiger partial charge in [0.05, 0.1) is 10.5 Å². The Morgan fingerprint density at radius 3 is 2.82 bits per heavy atom. The van der Waals surface area contributed by atoms with Crippen LogP contribution in [-0.2, 0) is 0 Å². The lowest BCUT2D eigenvalue weighted by atomic mass is 10.2. The summed E-state index contributed by atoms with van der Waals surface area (Å²) < 4.78 is 5.39. The highest BCUT2D eigenvalue weighted by molar-refractivity contribution is 6.30. The second-order valence-corrected chi connectivity index (χ2v) is 4.63. The van der Waals surface area contributed by atoms with E-state index in [0.29, 0.717) is 28.2 Å².